The molecule has 0 bridgehead atoms. The lowest BCUT2D eigenvalue weighted by molar-refractivity contribution is 0.345. The molecule has 0 aliphatic carbocycles. The number of benzene rings is 2. The van der Waals surface area contributed by atoms with Gasteiger partial charge in [-0.2, -0.15) is 4.31 Å². The molecule has 1 aliphatic rings. The number of hydrogen-bond acceptors (Lipinski definition) is 5. The highest BCUT2D eigenvalue weighted by Gasteiger charge is 2.34. The average molecular weight is 445 g/mol. The third-order valence-corrected chi connectivity index (χ3v) is 9.48. The molecule has 3 aromatic rings. The van der Waals surface area contributed by atoms with Crippen LogP contribution in [0.25, 0.3) is 0 Å². The van der Waals surface area contributed by atoms with Gasteiger partial charge in [0.1, 0.15) is 4.21 Å². The van der Waals surface area contributed by atoms with E-state index >= 15 is 0 Å². The van der Waals surface area contributed by atoms with Gasteiger partial charge in [-0.05, 0) is 42.6 Å². The highest BCUT2D eigenvalue weighted by Crippen LogP contribution is 2.29. The molecule has 2 heterocycles. The van der Waals surface area contributed by atoms with Gasteiger partial charge in [-0.1, -0.05) is 42.0 Å². The van der Waals surface area contributed by atoms with Crippen LogP contribution in [0.1, 0.15) is 5.56 Å². The molecule has 0 amide bonds. The van der Waals surface area contributed by atoms with Gasteiger partial charge < -0.3 is 4.90 Å². The summed E-state index contributed by atoms with van der Waals surface area (Å²) in [5.41, 5.74) is 2.38. The van der Waals surface area contributed by atoms with Crippen LogP contribution in [-0.4, -0.2) is 44.2 Å². The van der Waals surface area contributed by atoms with Crippen LogP contribution in [-0.2, 0) is 10.0 Å². The van der Waals surface area contributed by atoms with E-state index < -0.39 is 10.0 Å². The second-order valence-corrected chi connectivity index (χ2v) is 11.3. The van der Waals surface area contributed by atoms with Crippen LogP contribution in [0.15, 0.2) is 81.2 Å². The zero-order valence-electron chi connectivity index (χ0n) is 16.3. The van der Waals surface area contributed by atoms with Crippen LogP contribution < -0.4 is 4.90 Å². The monoisotopic (exact) mass is 444 g/mol. The average Bonchev–Trinajstić information content (AvgIpc) is 3.29. The van der Waals surface area contributed by atoms with Crippen LogP contribution in [0, 0.1) is 6.92 Å². The van der Waals surface area contributed by atoms with E-state index in [1.165, 1.54) is 21.8 Å². The molecule has 152 valence electrons. The number of nitrogens with zero attached hydrogens (tertiary/aromatic N) is 2. The van der Waals surface area contributed by atoms with E-state index in [-0.39, 0.29) is 6.04 Å². The molecule has 2 aromatic carbocycles. The summed E-state index contributed by atoms with van der Waals surface area (Å²) in [6.45, 7) is 3.76. The van der Waals surface area contributed by atoms with Crippen molar-refractivity contribution in [3.63, 3.8) is 0 Å². The van der Waals surface area contributed by atoms with Crippen molar-refractivity contribution in [2.75, 3.05) is 30.3 Å². The SMILES string of the molecule is Cc1ccc(N2CCN(S(=O)(=O)c3cccs3)C[C@@H]2CSc2ccccc2)cc1. The summed E-state index contributed by atoms with van der Waals surface area (Å²) < 4.78 is 28.2. The van der Waals surface area contributed by atoms with Crippen LogP contribution in [0.4, 0.5) is 5.69 Å². The molecule has 1 saturated heterocycles. The number of thioether (sulfide) groups is 1. The molecule has 0 unspecified atom stereocenters. The molecule has 1 aliphatic heterocycles. The number of anilines is 1. The lowest BCUT2D eigenvalue weighted by atomic mass is 10.1. The van der Waals surface area contributed by atoms with Gasteiger partial charge in [0, 0.05) is 36.0 Å². The molecule has 7 heteroatoms. The summed E-state index contributed by atoms with van der Waals surface area (Å²) in [4.78, 5) is 3.56. The van der Waals surface area contributed by atoms with E-state index in [1.807, 2.05) is 23.6 Å². The predicted molar refractivity (Wildman–Crippen MR) is 123 cm³/mol. The smallest absolute Gasteiger partial charge is 0.252 e. The van der Waals surface area contributed by atoms with Gasteiger partial charge >= 0.3 is 0 Å². The minimum Gasteiger partial charge on any atom is -0.365 e. The Morgan fingerprint density at radius 1 is 1.00 bits per heavy atom. The van der Waals surface area contributed by atoms with Gasteiger partial charge in [0.25, 0.3) is 10.0 Å². The predicted octanol–water partition coefficient (Wildman–Crippen LogP) is 4.73. The lowest BCUT2D eigenvalue weighted by Crippen LogP contribution is -2.55. The van der Waals surface area contributed by atoms with Gasteiger partial charge in [0.15, 0.2) is 0 Å². The van der Waals surface area contributed by atoms with Gasteiger partial charge in [-0.15, -0.1) is 23.1 Å². The molecule has 1 atom stereocenters. The van der Waals surface area contributed by atoms with Crippen LogP contribution in [0.2, 0.25) is 0 Å². The second kappa shape index (κ2) is 8.92. The van der Waals surface area contributed by atoms with Crippen molar-refractivity contribution in [1.29, 1.82) is 0 Å². The van der Waals surface area contributed by atoms with Crippen LogP contribution in [0.3, 0.4) is 0 Å². The quantitative estimate of drug-likeness (QED) is 0.516. The number of piperazine rings is 1. The van der Waals surface area contributed by atoms with Gasteiger partial charge in [0.2, 0.25) is 0 Å². The molecule has 1 aromatic heterocycles. The summed E-state index contributed by atoms with van der Waals surface area (Å²) in [6, 6.07) is 22.4. The van der Waals surface area contributed by atoms with Crippen molar-refractivity contribution in [3.8, 4) is 0 Å². The Kier molecular flexibility index (Phi) is 6.29. The van der Waals surface area contributed by atoms with Crippen molar-refractivity contribution in [2.24, 2.45) is 0 Å². The molecule has 0 saturated carbocycles. The van der Waals surface area contributed by atoms with Gasteiger partial charge in [-0.3, -0.25) is 0 Å². The standard InChI is InChI=1S/C22H24N2O2S3/c1-18-9-11-19(12-10-18)24-14-13-23(29(25,26)22-8-5-15-27-22)16-20(24)17-28-21-6-3-2-4-7-21/h2-12,15,20H,13-14,16-17H2,1H3/t20-/m1/s1. The van der Waals surface area contributed by atoms with E-state index in [9.17, 15) is 8.42 Å². The first kappa shape index (κ1) is 20.5. The zero-order chi connectivity index (χ0) is 20.3. The minimum atomic E-state index is -3.43. The highest BCUT2D eigenvalue weighted by molar-refractivity contribution is 7.99. The van der Waals surface area contributed by atoms with E-state index in [2.05, 4.69) is 48.2 Å². The zero-order valence-corrected chi connectivity index (χ0v) is 18.7. The van der Waals surface area contributed by atoms with E-state index in [1.54, 1.807) is 28.2 Å². The second-order valence-electron chi connectivity index (χ2n) is 7.10. The van der Waals surface area contributed by atoms with Crippen molar-refractivity contribution < 1.29 is 8.42 Å². The largest absolute Gasteiger partial charge is 0.365 e. The van der Waals surface area contributed by atoms with Crippen molar-refractivity contribution >= 4 is 38.8 Å². The minimum absolute atomic E-state index is 0.103. The first-order valence-corrected chi connectivity index (χ1v) is 12.9. The molecule has 29 heavy (non-hydrogen) atoms. The van der Waals surface area contributed by atoms with Crippen LogP contribution in [0.5, 0.6) is 0 Å². The Bertz CT molecular complexity index is 1020. The number of hydrogen-bond donors (Lipinski definition) is 0. The lowest BCUT2D eigenvalue weighted by Gasteiger charge is -2.42. The maximum atomic E-state index is 13.1. The Morgan fingerprint density at radius 2 is 1.76 bits per heavy atom. The van der Waals surface area contributed by atoms with E-state index in [0.717, 1.165) is 11.4 Å². The molecule has 0 N–H and O–H groups in total. The summed E-state index contributed by atoms with van der Waals surface area (Å²) >= 11 is 3.06. The van der Waals surface area contributed by atoms with E-state index in [4.69, 9.17) is 0 Å². The maximum absolute atomic E-state index is 13.1. The van der Waals surface area contributed by atoms with Gasteiger partial charge in [0.05, 0.1) is 6.04 Å². The molecular formula is C22H24N2O2S3. The van der Waals surface area contributed by atoms with Crippen molar-refractivity contribution in [3.05, 3.63) is 77.7 Å². The van der Waals surface area contributed by atoms with E-state index in [0.29, 0.717) is 23.8 Å². The van der Waals surface area contributed by atoms with Crippen molar-refractivity contribution in [1.82, 2.24) is 4.31 Å². The third-order valence-electron chi connectivity index (χ3n) is 5.09. The number of thiophene rings is 1. The normalized spacial score (nSPS) is 18.1. The first-order chi connectivity index (χ1) is 14.0. The highest BCUT2D eigenvalue weighted by atomic mass is 32.2. The molecule has 1 fully saturated rings. The molecule has 4 nitrogen and oxygen atoms in total. The molecular weight excluding hydrogens is 420 g/mol. The fourth-order valence-corrected chi connectivity index (χ4v) is 7.14. The topological polar surface area (TPSA) is 40.6 Å². The van der Waals surface area contributed by atoms with Crippen LogP contribution >= 0.6 is 23.1 Å². The van der Waals surface area contributed by atoms with Crippen molar-refractivity contribution in [2.45, 2.75) is 22.1 Å². The number of sulfonamides is 1. The Labute approximate surface area is 181 Å². The number of rotatable bonds is 6. The Morgan fingerprint density at radius 3 is 2.45 bits per heavy atom. The molecule has 0 radical (unpaired) electrons. The summed E-state index contributed by atoms with van der Waals surface area (Å²) in [7, 11) is -3.43. The maximum Gasteiger partial charge on any atom is 0.252 e. The van der Waals surface area contributed by atoms with Gasteiger partial charge in [-0.25, -0.2) is 8.42 Å². The summed E-state index contributed by atoms with van der Waals surface area (Å²) in [5.74, 6) is 0.828. The fourth-order valence-electron chi connectivity index (χ4n) is 3.51. The Balaban J connectivity index is 1.57. The first-order valence-electron chi connectivity index (χ1n) is 9.59. The third kappa shape index (κ3) is 4.69. The molecule has 0 spiro atoms. The fraction of sp³-hybridized carbons (Fsp3) is 0.273. The number of aryl methyl sites for hydroxylation is 1. The molecule has 4 rings (SSSR count). The summed E-state index contributed by atoms with van der Waals surface area (Å²) in [6.07, 6.45) is 0. The Hall–Kier alpha value is -1.80. The summed E-state index contributed by atoms with van der Waals surface area (Å²) in [5, 5.41) is 1.82.